The maximum Gasteiger partial charge on any atom is 0.243 e. The number of hydrogen-bond donors (Lipinski definition) is 0. The Morgan fingerprint density at radius 3 is 2.29 bits per heavy atom. The highest BCUT2D eigenvalue weighted by atomic mass is 35.5. The molecule has 6 nitrogen and oxygen atoms in total. The topological polar surface area (TPSA) is 72.9 Å². The zero-order chi connectivity index (χ0) is 19.7. The Kier molecular flexibility index (Phi) is 5.31. The predicted octanol–water partition coefficient (Wildman–Crippen LogP) is 3.39. The second-order valence-electron chi connectivity index (χ2n) is 6.85. The monoisotopic (exact) mass is 421 g/mol. The minimum atomic E-state index is -3.65. The molecule has 0 atom stereocenters. The highest BCUT2D eigenvalue weighted by molar-refractivity contribution is 7.89. The molecule has 0 radical (unpaired) electrons. The Labute approximate surface area is 169 Å². The summed E-state index contributed by atoms with van der Waals surface area (Å²) < 4.78 is 38.3. The molecule has 0 spiro atoms. The van der Waals surface area contributed by atoms with Gasteiger partial charge in [-0.15, -0.1) is 0 Å². The number of ether oxygens (including phenoxy) is 2. The number of hydrogen-bond acceptors (Lipinski definition) is 5. The van der Waals surface area contributed by atoms with E-state index in [0.717, 1.165) is 0 Å². The summed E-state index contributed by atoms with van der Waals surface area (Å²) in [6, 6.07) is 11.5. The quantitative estimate of drug-likeness (QED) is 0.707. The average Bonchev–Trinajstić information content (AvgIpc) is 2.73. The molecule has 2 aliphatic heterocycles. The van der Waals surface area contributed by atoms with E-state index in [1.165, 1.54) is 16.4 Å². The lowest BCUT2D eigenvalue weighted by Gasteiger charge is -2.30. The number of carbonyl (C=O) groups is 1. The summed E-state index contributed by atoms with van der Waals surface area (Å²) in [4.78, 5) is 12.8. The van der Waals surface area contributed by atoms with Crippen LogP contribution in [0.4, 0.5) is 0 Å². The summed E-state index contributed by atoms with van der Waals surface area (Å²) in [6.07, 6.45) is 0.983. The minimum Gasteiger partial charge on any atom is -0.486 e. The minimum absolute atomic E-state index is 0.0352. The molecular weight excluding hydrogens is 402 g/mol. The van der Waals surface area contributed by atoms with Crippen molar-refractivity contribution in [2.45, 2.75) is 17.7 Å². The van der Waals surface area contributed by atoms with E-state index in [2.05, 4.69) is 0 Å². The number of carbonyl (C=O) groups excluding carboxylic acids is 1. The van der Waals surface area contributed by atoms with E-state index < -0.39 is 10.0 Å². The van der Waals surface area contributed by atoms with Crippen molar-refractivity contribution in [3.63, 3.8) is 0 Å². The predicted molar refractivity (Wildman–Crippen MR) is 105 cm³/mol. The number of rotatable bonds is 4. The molecule has 0 unspecified atom stereocenters. The van der Waals surface area contributed by atoms with Crippen LogP contribution in [0.15, 0.2) is 47.4 Å². The summed E-state index contributed by atoms with van der Waals surface area (Å²) in [6.45, 7) is 1.46. The molecule has 0 aliphatic carbocycles. The van der Waals surface area contributed by atoms with Gasteiger partial charge in [-0.3, -0.25) is 4.79 Å². The molecule has 1 fully saturated rings. The molecule has 2 aliphatic rings. The van der Waals surface area contributed by atoms with Crippen LogP contribution < -0.4 is 9.47 Å². The van der Waals surface area contributed by atoms with Crippen LogP contribution >= 0.6 is 11.6 Å². The van der Waals surface area contributed by atoms with E-state index in [4.69, 9.17) is 21.1 Å². The third-order valence-electron chi connectivity index (χ3n) is 5.10. The molecule has 0 bridgehead atoms. The number of Topliss-reactive ketones (excluding diaryl/α,β-unsaturated/α-hetero) is 1. The number of ketones is 1. The maximum atomic E-state index is 13.0. The highest BCUT2D eigenvalue weighted by Gasteiger charge is 2.33. The summed E-state index contributed by atoms with van der Waals surface area (Å²) in [7, 11) is -3.65. The van der Waals surface area contributed by atoms with E-state index in [-0.39, 0.29) is 16.6 Å². The Morgan fingerprint density at radius 1 is 0.964 bits per heavy atom. The van der Waals surface area contributed by atoms with Crippen LogP contribution in [0.25, 0.3) is 0 Å². The number of fused-ring (bicyclic) bond motifs is 1. The third kappa shape index (κ3) is 3.74. The smallest absolute Gasteiger partial charge is 0.243 e. The molecule has 2 heterocycles. The summed E-state index contributed by atoms with van der Waals surface area (Å²) in [5, 5.41) is 0.580. The van der Waals surface area contributed by atoms with Crippen molar-refractivity contribution >= 4 is 27.4 Å². The summed E-state index contributed by atoms with van der Waals surface area (Å²) in [5.74, 6) is 0.846. The standard InChI is InChI=1S/C20H20ClNO5S/c21-16-3-1-14(2-4-16)20(23)15-7-9-22(10-8-15)28(24,25)17-5-6-18-19(13-17)27-12-11-26-18/h1-6,13,15H,7-12H2. The summed E-state index contributed by atoms with van der Waals surface area (Å²) >= 11 is 5.87. The number of benzene rings is 2. The van der Waals surface area contributed by atoms with E-state index in [9.17, 15) is 13.2 Å². The van der Waals surface area contributed by atoms with Crippen LogP contribution in [0.1, 0.15) is 23.2 Å². The van der Waals surface area contributed by atoms with Crippen molar-refractivity contribution in [2.75, 3.05) is 26.3 Å². The third-order valence-corrected chi connectivity index (χ3v) is 7.25. The first-order valence-electron chi connectivity index (χ1n) is 9.15. The van der Waals surface area contributed by atoms with Crippen molar-refractivity contribution in [3.05, 3.63) is 53.1 Å². The van der Waals surface area contributed by atoms with Gasteiger partial charge in [0.2, 0.25) is 10.0 Å². The van der Waals surface area contributed by atoms with E-state index in [1.54, 1.807) is 30.3 Å². The van der Waals surface area contributed by atoms with Crippen LogP contribution in [0.5, 0.6) is 11.5 Å². The van der Waals surface area contributed by atoms with Crippen LogP contribution in [0.2, 0.25) is 5.02 Å². The molecule has 2 aromatic carbocycles. The van der Waals surface area contributed by atoms with Crippen LogP contribution in [-0.4, -0.2) is 44.8 Å². The molecule has 148 valence electrons. The van der Waals surface area contributed by atoms with Crippen LogP contribution in [0.3, 0.4) is 0 Å². The van der Waals surface area contributed by atoms with Gasteiger partial charge in [0.05, 0.1) is 4.90 Å². The number of nitrogens with zero attached hydrogens (tertiary/aromatic N) is 1. The van der Waals surface area contributed by atoms with Crippen LogP contribution in [0, 0.1) is 5.92 Å². The van der Waals surface area contributed by atoms with Gasteiger partial charge in [-0.25, -0.2) is 8.42 Å². The van der Waals surface area contributed by atoms with Crippen molar-refractivity contribution in [1.82, 2.24) is 4.31 Å². The average molecular weight is 422 g/mol. The molecule has 0 N–H and O–H groups in total. The molecule has 4 rings (SSSR count). The molecule has 2 aromatic rings. The first-order valence-corrected chi connectivity index (χ1v) is 11.0. The van der Waals surface area contributed by atoms with Gasteiger partial charge in [0.1, 0.15) is 13.2 Å². The largest absolute Gasteiger partial charge is 0.486 e. The van der Waals surface area contributed by atoms with Crippen LogP contribution in [-0.2, 0) is 10.0 Å². The lowest BCUT2D eigenvalue weighted by atomic mass is 9.90. The van der Waals surface area contributed by atoms with Crippen molar-refractivity contribution in [1.29, 1.82) is 0 Å². The fraction of sp³-hybridized carbons (Fsp3) is 0.350. The van der Waals surface area contributed by atoms with Gasteiger partial charge in [-0.05, 0) is 49.2 Å². The Bertz CT molecular complexity index is 982. The van der Waals surface area contributed by atoms with Gasteiger partial charge in [-0.2, -0.15) is 4.31 Å². The molecule has 0 amide bonds. The molecule has 0 saturated carbocycles. The van der Waals surface area contributed by atoms with E-state index in [1.807, 2.05) is 0 Å². The molecule has 8 heteroatoms. The Hall–Kier alpha value is -2.09. The second kappa shape index (κ2) is 7.73. The van der Waals surface area contributed by atoms with Gasteiger partial charge in [-0.1, -0.05) is 11.6 Å². The van der Waals surface area contributed by atoms with Crippen molar-refractivity contribution in [3.8, 4) is 11.5 Å². The first-order chi connectivity index (χ1) is 13.4. The molecular formula is C20H20ClNO5S. The normalized spacial score (nSPS) is 18.0. The van der Waals surface area contributed by atoms with Crippen molar-refractivity contribution in [2.24, 2.45) is 5.92 Å². The first kappa shape index (κ1) is 19.2. The summed E-state index contributed by atoms with van der Waals surface area (Å²) in [5.41, 5.74) is 0.609. The van der Waals surface area contributed by atoms with Gasteiger partial charge in [0.15, 0.2) is 17.3 Å². The SMILES string of the molecule is O=C(c1ccc(Cl)cc1)C1CCN(S(=O)(=O)c2ccc3c(c2)OCCO3)CC1. The van der Waals surface area contributed by atoms with Gasteiger partial charge in [0.25, 0.3) is 0 Å². The number of sulfonamides is 1. The number of halogens is 1. The highest BCUT2D eigenvalue weighted by Crippen LogP contribution is 2.34. The lowest BCUT2D eigenvalue weighted by molar-refractivity contribution is 0.0875. The van der Waals surface area contributed by atoms with Gasteiger partial charge in [0, 0.05) is 35.7 Å². The Morgan fingerprint density at radius 2 is 1.61 bits per heavy atom. The van der Waals surface area contributed by atoms with E-state index >= 15 is 0 Å². The lowest BCUT2D eigenvalue weighted by Crippen LogP contribution is -2.40. The van der Waals surface area contributed by atoms with Crippen molar-refractivity contribution < 1.29 is 22.7 Å². The number of piperidine rings is 1. The van der Waals surface area contributed by atoms with Gasteiger partial charge < -0.3 is 9.47 Å². The molecule has 28 heavy (non-hydrogen) atoms. The molecule has 0 aromatic heterocycles. The van der Waals surface area contributed by atoms with E-state index in [0.29, 0.717) is 61.2 Å². The fourth-order valence-electron chi connectivity index (χ4n) is 3.54. The van der Waals surface area contributed by atoms with Gasteiger partial charge >= 0.3 is 0 Å². The zero-order valence-corrected chi connectivity index (χ0v) is 16.7. The molecule has 1 saturated heterocycles. The Balaban J connectivity index is 1.45. The maximum absolute atomic E-state index is 13.0. The second-order valence-corrected chi connectivity index (χ2v) is 9.23. The zero-order valence-electron chi connectivity index (χ0n) is 15.1. The fourth-order valence-corrected chi connectivity index (χ4v) is 5.15.